The predicted octanol–water partition coefficient (Wildman–Crippen LogP) is 2.90. The minimum absolute atomic E-state index is 0.0305. The maximum absolute atomic E-state index is 12.1. The van der Waals surface area contributed by atoms with Crippen molar-refractivity contribution >= 4 is 20.5 Å². The molecule has 1 unspecified atom stereocenters. The summed E-state index contributed by atoms with van der Waals surface area (Å²) >= 11 is 0. The molecule has 4 rings (SSSR count). The highest BCUT2D eigenvalue weighted by atomic mass is 31.1. The topological polar surface area (TPSA) is 42.4 Å². The first-order chi connectivity index (χ1) is 10.6. The van der Waals surface area contributed by atoms with Gasteiger partial charge >= 0.3 is 5.97 Å². The van der Waals surface area contributed by atoms with Gasteiger partial charge < -0.3 is 9.41 Å². The van der Waals surface area contributed by atoms with E-state index in [1.54, 1.807) is 0 Å². The van der Waals surface area contributed by atoms with Crippen molar-refractivity contribution in [2.75, 3.05) is 18.3 Å². The van der Waals surface area contributed by atoms with Crippen molar-refractivity contribution in [3.8, 4) is 0 Å². The number of aromatic nitrogens is 1. The zero-order valence-electron chi connectivity index (χ0n) is 13.4. The Morgan fingerprint density at radius 1 is 1.55 bits per heavy atom. The van der Waals surface area contributed by atoms with Crippen LogP contribution in [0.5, 0.6) is 0 Å². The molecule has 2 fully saturated rings. The summed E-state index contributed by atoms with van der Waals surface area (Å²) in [4.78, 5) is 16.8. The van der Waals surface area contributed by atoms with Gasteiger partial charge in [0.25, 0.3) is 0 Å². The number of pyridine rings is 1. The van der Waals surface area contributed by atoms with Gasteiger partial charge in [-0.2, -0.15) is 0 Å². The van der Waals surface area contributed by atoms with Crippen LogP contribution < -0.4 is 4.67 Å². The minimum atomic E-state index is -0.0372. The molecule has 0 aromatic carbocycles. The Labute approximate surface area is 133 Å². The first-order valence-corrected chi connectivity index (χ1v) is 9.24. The molecule has 3 aliphatic rings. The SMILES string of the molecule is CCOC(=O)[C@@H]1[C@@H]2Cc3cc(N(C)PC4CC4)ncc3[C@]12C. The summed E-state index contributed by atoms with van der Waals surface area (Å²) in [6, 6.07) is 2.24. The smallest absolute Gasteiger partial charge is 0.310 e. The van der Waals surface area contributed by atoms with E-state index in [1.165, 1.54) is 24.0 Å². The van der Waals surface area contributed by atoms with Crippen molar-refractivity contribution in [3.63, 3.8) is 0 Å². The Hall–Kier alpha value is -1.15. The van der Waals surface area contributed by atoms with Crippen LogP contribution in [0, 0.1) is 11.8 Å². The van der Waals surface area contributed by atoms with E-state index in [9.17, 15) is 4.79 Å². The van der Waals surface area contributed by atoms with Crippen LogP contribution in [0.25, 0.3) is 0 Å². The van der Waals surface area contributed by atoms with Gasteiger partial charge in [-0.15, -0.1) is 0 Å². The van der Waals surface area contributed by atoms with Gasteiger partial charge in [-0.05, 0) is 63.7 Å². The number of fused-ring (bicyclic) bond motifs is 3. The predicted molar refractivity (Wildman–Crippen MR) is 88.6 cm³/mol. The molecule has 1 aromatic heterocycles. The van der Waals surface area contributed by atoms with Crippen LogP contribution in [0.2, 0.25) is 0 Å². The lowest BCUT2D eigenvalue weighted by atomic mass is 9.95. The fourth-order valence-corrected chi connectivity index (χ4v) is 5.28. The molecule has 0 amide bonds. The van der Waals surface area contributed by atoms with Gasteiger partial charge in [0.1, 0.15) is 5.82 Å². The number of carbonyl (C=O) groups is 1. The molecule has 0 aliphatic heterocycles. The molecule has 1 heterocycles. The molecule has 0 saturated heterocycles. The van der Waals surface area contributed by atoms with Crippen LogP contribution in [0.15, 0.2) is 12.3 Å². The van der Waals surface area contributed by atoms with Crippen molar-refractivity contribution in [2.45, 2.75) is 44.2 Å². The summed E-state index contributed by atoms with van der Waals surface area (Å²) in [5.41, 5.74) is 3.50. The fraction of sp³-hybridized carbons (Fsp3) is 0.647. The summed E-state index contributed by atoms with van der Waals surface area (Å²) in [5, 5.41) is 0. The Balaban J connectivity index is 1.54. The summed E-state index contributed by atoms with van der Waals surface area (Å²) in [6.45, 7) is 4.54. The standard InChI is InChI=1S/C17H23N2O2P/c1-4-21-16(20)15-12-7-10-8-14(19(3)22-11-5-6-11)18-9-13(10)17(12,15)2/h8-9,11-12,15,22H,4-7H2,1-3H3/t12-,15-,17+/m0/s1. The minimum Gasteiger partial charge on any atom is -0.466 e. The molecule has 5 heteroatoms. The van der Waals surface area contributed by atoms with E-state index >= 15 is 0 Å². The van der Waals surface area contributed by atoms with Crippen molar-refractivity contribution in [1.29, 1.82) is 0 Å². The van der Waals surface area contributed by atoms with E-state index in [0.29, 0.717) is 12.5 Å². The maximum atomic E-state index is 12.1. The number of carbonyl (C=O) groups excluding carboxylic acids is 1. The molecular weight excluding hydrogens is 295 g/mol. The summed E-state index contributed by atoms with van der Waals surface area (Å²) in [5.74, 6) is 1.51. The van der Waals surface area contributed by atoms with E-state index in [1.807, 2.05) is 13.1 Å². The number of esters is 1. The quantitative estimate of drug-likeness (QED) is 0.618. The van der Waals surface area contributed by atoms with Gasteiger partial charge in [-0.3, -0.25) is 4.79 Å². The fourth-order valence-electron chi connectivity index (χ4n) is 4.05. The number of ether oxygens (including phenoxy) is 1. The monoisotopic (exact) mass is 318 g/mol. The number of hydrogen-bond donors (Lipinski definition) is 0. The largest absolute Gasteiger partial charge is 0.466 e. The lowest BCUT2D eigenvalue weighted by Gasteiger charge is -2.20. The first-order valence-electron chi connectivity index (χ1n) is 8.21. The summed E-state index contributed by atoms with van der Waals surface area (Å²) in [7, 11) is 2.99. The number of hydrogen-bond acceptors (Lipinski definition) is 4. The maximum Gasteiger partial charge on any atom is 0.310 e. The third kappa shape index (κ3) is 2.07. The molecule has 2 saturated carbocycles. The van der Waals surface area contributed by atoms with E-state index in [4.69, 9.17) is 4.74 Å². The molecule has 4 nitrogen and oxygen atoms in total. The van der Waals surface area contributed by atoms with E-state index in [-0.39, 0.29) is 17.3 Å². The lowest BCUT2D eigenvalue weighted by Crippen LogP contribution is -2.17. The third-order valence-electron chi connectivity index (χ3n) is 5.54. The molecule has 0 radical (unpaired) electrons. The molecule has 0 N–H and O–H groups in total. The van der Waals surface area contributed by atoms with Crippen molar-refractivity contribution in [3.05, 3.63) is 23.4 Å². The highest BCUT2D eigenvalue weighted by molar-refractivity contribution is 7.41. The van der Waals surface area contributed by atoms with Gasteiger partial charge in [0, 0.05) is 18.7 Å². The second kappa shape index (κ2) is 4.92. The molecule has 118 valence electrons. The molecule has 1 aromatic rings. The second-order valence-electron chi connectivity index (χ2n) is 6.99. The van der Waals surface area contributed by atoms with Crippen LogP contribution in [-0.2, 0) is 21.4 Å². The van der Waals surface area contributed by atoms with E-state index in [2.05, 4.69) is 29.7 Å². The third-order valence-corrected chi connectivity index (χ3v) is 7.10. The highest BCUT2D eigenvalue weighted by Crippen LogP contribution is 2.66. The Morgan fingerprint density at radius 2 is 2.32 bits per heavy atom. The van der Waals surface area contributed by atoms with Crippen LogP contribution in [0.4, 0.5) is 5.82 Å². The van der Waals surface area contributed by atoms with Gasteiger partial charge in [0.05, 0.1) is 12.5 Å². The zero-order chi connectivity index (χ0) is 15.5. The number of rotatable bonds is 5. The van der Waals surface area contributed by atoms with Crippen molar-refractivity contribution in [1.82, 2.24) is 4.98 Å². The molecular formula is C17H23N2O2P. The summed E-state index contributed by atoms with van der Waals surface area (Å²) < 4.78 is 7.53. The molecule has 0 bridgehead atoms. The average Bonchev–Trinajstić information content (AvgIpc) is 3.37. The summed E-state index contributed by atoms with van der Waals surface area (Å²) in [6.07, 6.45) is 5.74. The normalized spacial score (nSPS) is 32.0. The van der Waals surface area contributed by atoms with Crippen molar-refractivity contribution < 1.29 is 9.53 Å². The zero-order valence-corrected chi connectivity index (χ0v) is 14.4. The van der Waals surface area contributed by atoms with Gasteiger partial charge in [0.2, 0.25) is 0 Å². The van der Waals surface area contributed by atoms with Crippen molar-refractivity contribution in [2.24, 2.45) is 11.8 Å². The van der Waals surface area contributed by atoms with Crippen LogP contribution in [-0.4, -0.2) is 30.3 Å². The first kappa shape index (κ1) is 14.4. The Kier molecular flexibility index (Phi) is 3.23. The van der Waals surface area contributed by atoms with Crippen LogP contribution in [0.3, 0.4) is 0 Å². The van der Waals surface area contributed by atoms with E-state index in [0.717, 1.165) is 26.6 Å². The van der Waals surface area contributed by atoms with Crippen LogP contribution >= 0.6 is 8.73 Å². The van der Waals surface area contributed by atoms with Gasteiger partial charge in [-0.1, -0.05) is 6.92 Å². The lowest BCUT2D eigenvalue weighted by molar-refractivity contribution is -0.145. The number of anilines is 1. The second-order valence-corrected chi connectivity index (χ2v) is 8.73. The number of nitrogens with zero attached hydrogens (tertiary/aromatic N) is 2. The Bertz CT molecular complexity index is 631. The molecule has 22 heavy (non-hydrogen) atoms. The van der Waals surface area contributed by atoms with Gasteiger partial charge in [-0.25, -0.2) is 4.98 Å². The molecule has 0 spiro atoms. The van der Waals surface area contributed by atoms with Crippen LogP contribution in [0.1, 0.15) is 37.8 Å². The van der Waals surface area contributed by atoms with E-state index < -0.39 is 0 Å². The molecule has 3 aliphatic carbocycles. The van der Waals surface area contributed by atoms with Gasteiger partial charge in [0.15, 0.2) is 0 Å². The molecule has 4 atom stereocenters. The Morgan fingerprint density at radius 3 is 3.00 bits per heavy atom. The average molecular weight is 318 g/mol. The highest BCUT2D eigenvalue weighted by Gasteiger charge is 2.70.